The van der Waals surface area contributed by atoms with E-state index in [0.717, 1.165) is 12.8 Å². The summed E-state index contributed by atoms with van der Waals surface area (Å²) in [6, 6.07) is -0.0245. The van der Waals surface area contributed by atoms with Gasteiger partial charge in [0.05, 0.1) is 0 Å². The van der Waals surface area contributed by atoms with Gasteiger partial charge in [-0.25, -0.2) is 0 Å². The van der Waals surface area contributed by atoms with Crippen molar-refractivity contribution in [2.45, 2.75) is 45.6 Å². The molecule has 1 fully saturated rings. The molecule has 2 atom stereocenters. The zero-order valence-electron chi connectivity index (χ0n) is 11.2. The summed E-state index contributed by atoms with van der Waals surface area (Å²) in [5.41, 5.74) is 0. The molecule has 0 aliphatic heterocycles. The molecule has 0 spiro atoms. The number of amides is 2. The van der Waals surface area contributed by atoms with Gasteiger partial charge in [0.25, 0.3) is 0 Å². The van der Waals surface area contributed by atoms with Crippen molar-refractivity contribution < 1.29 is 14.7 Å². The number of carbonyl (C=O) groups excluding carboxylic acids is 2. The largest absolute Gasteiger partial charge is 0.396 e. The summed E-state index contributed by atoms with van der Waals surface area (Å²) in [5, 5.41) is 14.6. The van der Waals surface area contributed by atoms with Crippen LogP contribution in [0.3, 0.4) is 0 Å². The van der Waals surface area contributed by atoms with Crippen LogP contribution in [-0.2, 0) is 9.59 Å². The van der Waals surface area contributed by atoms with Crippen molar-refractivity contribution in [3.05, 3.63) is 0 Å². The van der Waals surface area contributed by atoms with Gasteiger partial charge in [0, 0.05) is 31.5 Å². The van der Waals surface area contributed by atoms with Gasteiger partial charge in [-0.15, -0.1) is 0 Å². The van der Waals surface area contributed by atoms with E-state index in [4.69, 9.17) is 5.11 Å². The van der Waals surface area contributed by atoms with Crippen molar-refractivity contribution in [1.29, 1.82) is 0 Å². The highest BCUT2D eigenvalue weighted by atomic mass is 16.3. The van der Waals surface area contributed by atoms with Crippen molar-refractivity contribution in [2.24, 2.45) is 11.8 Å². The molecule has 0 saturated heterocycles. The van der Waals surface area contributed by atoms with Crippen molar-refractivity contribution in [2.75, 3.05) is 13.2 Å². The molecule has 2 amide bonds. The normalized spacial score (nSPS) is 17.9. The first-order valence-corrected chi connectivity index (χ1v) is 6.72. The van der Waals surface area contributed by atoms with Crippen LogP contribution in [0.4, 0.5) is 0 Å². The molecule has 5 heteroatoms. The Hall–Kier alpha value is -1.10. The SMILES string of the molecule is CC(CO)C(C)NC(=O)CCCNC(=O)C1CC1. The third-order valence-electron chi connectivity index (χ3n) is 3.36. The number of carbonyl (C=O) groups is 2. The summed E-state index contributed by atoms with van der Waals surface area (Å²) in [6.07, 6.45) is 3.07. The summed E-state index contributed by atoms with van der Waals surface area (Å²) in [7, 11) is 0. The Bertz CT molecular complexity index is 290. The first-order valence-electron chi connectivity index (χ1n) is 6.72. The van der Waals surface area contributed by atoms with E-state index < -0.39 is 0 Å². The lowest BCUT2D eigenvalue weighted by molar-refractivity contribution is -0.124. The van der Waals surface area contributed by atoms with Crippen LogP contribution in [0.25, 0.3) is 0 Å². The molecule has 104 valence electrons. The summed E-state index contributed by atoms with van der Waals surface area (Å²) >= 11 is 0. The second-order valence-corrected chi connectivity index (χ2v) is 5.18. The van der Waals surface area contributed by atoms with Gasteiger partial charge in [-0.05, 0) is 32.1 Å². The van der Waals surface area contributed by atoms with Gasteiger partial charge in [0.1, 0.15) is 0 Å². The van der Waals surface area contributed by atoms with E-state index in [1.54, 1.807) is 0 Å². The lowest BCUT2D eigenvalue weighted by atomic mass is 10.1. The summed E-state index contributed by atoms with van der Waals surface area (Å²) in [4.78, 5) is 22.9. The second-order valence-electron chi connectivity index (χ2n) is 5.18. The Morgan fingerprint density at radius 2 is 2.00 bits per heavy atom. The molecule has 0 heterocycles. The van der Waals surface area contributed by atoms with Crippen LogP contribution in [-0.4, -0.2) is 36.1 Å². The first-order chi connectivity index (χ1) is 8.54. The highest BCUT2D eigenvalue weighted by Crippen LogP contribution is 2.28. The molecule has 0 aromatic heterocycles. The highest BCUT2D eigenvalue weighted by molar-refractivity contribution is 5.81. The van der Waals surface area contributed by atoms with E-state index in [9.17, 15) is 9.59 Å². The molecule has 0 bridgehead atoms. The zero-order chi connectivity index (χ0) is 13.5. The predicted octanol–water partition coefficient (Wildman–Crippen LogP) is 0.426. The smallest absolute Gasteiger partial charge is 0.223 e. The van der Waals surface area contributed by atoms with Gasteiger partial charge in [-0.1, -0.05) is 6.92 Å². The molecule has 2 unspecified atom stereocenters. The molecule has 0 aromatic rings. The summed E-state index contributed by atoms with van der Waals surface area (Å²) in [6.45, 7) is 4.40. The topological polar surface area (TPSA) is 78.4 Å². The Kier molecular flexibility index (Phi) is 6.12. The zero-order valence-corrected chi connectivity index (χ0v) is 11.2. The Balaban J connectivity index is 2.03. The number of aliphatic hydroxyl groups excluding tert-OH is 1. The Morgan fingerprint density at radius 1 is 1.33 bits per heavy atom. The standard InChI is InChI=1S/C13H24N2O3/c1-9(8-16)10(2)15-12(17)4-3-7-14-13(18)11-5-6-11/h9-11,16H,3-8H2,1-2H3,(H,14,18)(H,15,17). The molecule has 3 N–H and O–H groups in total. The Labute approximate surface area is 108 Å². The Morgan fingerprint density at radius 3 is 2.56 bits per heavy atom. The molecular weight excluding hydrogens is 232 g/mol. The molecule has 18 heavy (non-hydrogen) atoms. The van der Waals surface area contributed by atoms with Gasteiger partial charge in [0.2, 0.25) is 11.8 Å². The molecule has 0 radical (unpaired) electrons. The third kappa shape index (κ3) is 5.49. The second kappa shape index (κ2) is 7.36. The van der Waals surface area contributed by atoms with Crippen molar-refractivity contribution in [3.8, 4) is 0 Å². The maximum Gasteiger partial charge on any atom is 0.223 e. The van der Waals surface area contributed by atoms with Crippen LogP contribution < -0.4 is 10.6 Å². The average Bonchev–Trinajstić information content (AvgIpc) is 3.17. The average molecular weight is 256 g/mol. The number of rotatable bonds is 8. The van der Waals surface area contributed by atoms with E-state index in [0.29, 0.717) is 19.4 Å². The van der Waals surface area contributed by atoms with Crippen molar-refractivity contribution in [3.63, 3.8) is 0 Å². The quantitative estimate of drug-likeness (QED) is 0.551. The van der Waals surface area contributed by atoms with Gasteiger partial charge < -0.3 is 15.7 Å². The van der Waals surface area contributed by atoms with Gasteiger partial charge >= 0.3 is 0 Å². The predicted molar refractivity (Wildman–Crippen MR) is 68.8 cm³/mol. The van der Waals surface area contributed by atoms with Crippen molar-refractivity contribution >= 4 is 11.8 Å². The fraction of sp³-hybridized carbons (Fsp3) is 0.846. The summed E-state index contributed by atoms with van der Waals surface area (Å²) in [5.74, 6) is 0.383. The number of hydrogen-bond acceptors (Lipinski definition) is 3. The van der Waals surface area contributed by atoms with E-state index in [1.807, 2.05) is 13.8 Å². The summed E-state index contributed by atoms with van der Waals surface area (Å²) < 4.78 is 0. The maximum absolute atomic E-state index is 11.6. The van der Waals surface area contributed by atoms with Gasteiger partial charge in [0.15, 0.2) is 0 Å². The lowest BCUT2D eigenvalue weighted by Crippen LogP contribution is -2.38. The molecule has 0 aromatic carbocycles. The van der Waals surface area contributed by atoms with E-state index in [-0.39, 0.29) is 36.3 Å². The molecule has 5 nitrogen and oxygen atoms in total. The maximum atomic E-state index is 11.6. The van der Waals surface area contributed by atoms with Crippen LogP contribution in [0.15, 0.2) is 0 Å². The monoisotopic (exact) mass is 256 g/mol. The minimum Gasteiger partial charge on any atom is -0.396 e. The third-order valence-corrected chi connectivity index (χ3v) is 3.36. The van der Waals surface area contributed by atoms with Crippen molar-refractivity contribution in [1.82, 2.24) is 10.6 Å². The van der Waals surface area contributed by atoms with Crippen LogP contribution in [0.1, 0.15) is 39.5 Å². The molecule has 1 aliphatic rings. The number of hydrogen-bond donors (Lipinski definition) is 3. The fourth-order valence-electron chi connectivity index (χ4n) is 1.58. The van der Waals surface area contributed by atoms with Crippen LogP contribution in [0, 0.1) is 11.8 Å². The van der Waals surface area contributed by atoms with Gasteiger partial charge in [-0.2, -0.15) is 0 Å². The molecular formula is C13H24N2O3. The van der Waals surface area contributed by atoms with Crippen LogP contribution in [0.2, 0.25) is 0 Å². The number of nitrogens with one attached hydrogen (secondary N) is 2. The van der Waals surface area contributed by atoms with Crippen LogP contribution >= 0.6 is 0 Å². The van der Waals surface area contributed by atoms with E-state index in [1.165, 1.54) is 0 Å². The molecule has 1 aliphatic carbocycles. The minimum atomic E-state index is -0.0246. The van der Waals surface area contributed by atoms with Gasteiger partial charge in [-0.3, -0.25) is 9.59 Å². The van der Waals surface area contributed by atoms with E-state index >= 15 is 0 Å². The first kappa shape index (κ1) is 15.0. The fourth-order valence-corrected chi connectivity index (χ4v) is 1.58. The highest BCUT2D eigenvalue weighted by Gasteiger charge is 2.28. The molecule has 1 saturated carbocycles. The van der Waals surface area contributed by atoms with E-state index in [2.05, 4.69) is 10.6 Å². The van der Waals surface area contributed by atoms with Crippen LogP contribution in [0.5, 0.6) is 0 Å². The minimum absolute atomic E-state index is 0.0245. The molecule has 1 rings (SSSR count). The lowest BCUT2D eigenvalue weighted by Gasteiger charge is -2.19. The number of aliphatic hydroxyl groups is 1.